The van der Waals surface area contributed by atoms with E-state index < -0.39 is 5.54 Å². The molecule has 7 rings (SSSR count). The highest BCUT2D eigenvalue weighted by Crippen LogP contribution is 2.49. The number of nitrogens with one attached hydrogen (secondary N) is 2. The molecule has 2 N–H and O–H groups in total. The van der Waals surface area contributed by atoms with Crippen LogP contribution in [-0.4, -0.2) is 47.4 Å². The lowest BCUT2D eigenvalue weighted by Crippen LogP contribution is -2.71. The highest BCUT2D eigenvalue weighted by atomic mass is 16.5. The van der Waals surface area contributed by atoms with Crippen LogP contribution < -0.4 is 15.4 Å². The number of hydrogen-bond acceptors (Lipinski definition) is 6. The van der Waals surface area contributed by atoms with E-state index in [4.69, 9.17) is 9.15 Å². The first kappa shape index (κ1) is 17.9. The van der Waals surface area contributed by atoms with Gasteiger partial charge in [-0.05, 0) is 43.4 Å². The number of methoxy groups -OCH3 is 1. The molecule has 5 heterocycles. The molecule has 2 aromatic rings. The van der Waals surface area contributed by atoms with Crippen molar-refractivity contribution >= 4 is 11.8 Å². The molecule has 5 aliphatic rings. The van der Waals surface area contributed by atoms with Crippen LogP contribution in [-0.2, 0) is 11.3 Å². The summed E-state index contributed by atoms with van der Waals surface area (Å²) in [5, 5.41) is 6.39. The van der Waals surface area contributed by atoms with E-state index in [2.05, 4.69) is 15.6 Å². The van der Waals surface area contributed by atoms with Crippen molar-refractivity contribution in [2.24, 2.45) is 5.92 Å². The lowest BCUT2D eigenvalue weighted by molar-refractivity contribution is -0.148. The molecular formula is C22H24N4O4. The quantitative estimate of drug-likeness (QED) is 0.799. The number of aryl methyl sites for hydroxylation is 1. The molecule has 2 bridgehead atoms. The first-order valence-corrected chi connectivity index (χ1v) is 10.5. The van der Waals surface area contributed by atoms with Crippen molar-refractivity contribution in [1.82, 2.24) is 20.5 Å². The first-order valence-electron chi connectivity index (χ1n) is 10.5. The van der Waals surface area contributed by atoms with Gasteiger partial charge in [-0.25, -0.2) is 4.98 Å². The molecule has 1 saturated carbocycles. The van der Waals surface area contributed by atoms with Crippen LogP contribution in [0.2, 0.25) is 0 Å². The minimum atomic E-state index is -0.681. The van der Waals surface area contributed by atoms with Crippen molar-refractivity contribution in [2.45, 2.75) is 43.8 Å². The van der Waals surface area contributed by atoms with Crippen molar-refractivity contribution < 1.29 is 18.7 Å². The zero-order chi connectivity index (χ0) is 20.6. The van der Waals surface area contributed by atoms with Gasteiger partial charge in [0.2, 0.25) is 11.8 Å². The van der Waals surface area contributed by atoms with Crippen molar-refractivity contribution in [3.8, 4) is 5.75 Å². The summed E-state index contributed by atoms with van der Waals surface area (Å²) in [4.78, 5) is 32.2. The molecule has 0 radical (unpaired) electrons. The van der Waals surface area contributed by atoms with Gasteiger partial charge in [0.05, 0.1) is 19.2 Å². The Balaban J connectivity index is 1.34. The number of benzene rings is 1. The lowest BCUT2D eigenvalue weighted by Gasteiger charge is -2.55. The molecule has 1 aliphatic carbocycles. The number of amides is 2. The summed E-state index contributed by atoms with van der Waals surface area (Å²) in [6.45, 7) is 3.82. The van der Waals surface area contributed by atoms with Gasteiger partial charge in [-0.2, -0.15) is 0 Å². The monoisotopic (exact) mass is 408 g/mol. The van der Waals surface area contributed by atoms with Crippen molar-refractivity contribution in [1.29, 1.82) is 0 Å². The molecule has 2 unspecified atom stereocenters. The second-order valence-electron chi connectivity index (χ2n) is 8.96. The van der Waals surface area contributed by atoms with Gasteiger partial charge >= 0.3 is 0 Å². The maximum Gasteiger partial charge on any atom is 0.255 e. The van der Waals surface area contributed by atoms with Gasteiger partial charge in [0.15, 0.2) is 0 Å². The van der Waals surface area contributed by atoms with Crippen LogP contribution in [0.3, 0.4) is 0 Å². The number of carbonyl (C=O) groups is 2. The number of carbonyl (C=O) groups excluding carboxylic acids is 2. The average molecular weight is 408 g/mol. The predicted octanol–water partition coefficient (Wildman–Crippen LogP) is 1.65. The fraction of sp³-hybridized carbons (Fsp3) is 0.500. The molecule has 2 atom stereocenters. The first-order chi connectivity index (χ1) is 14.5. The number of ether oxygens (including phenoxy) is 1. The standard InChI is InChI=1S/C22H24N4O4/c1-11-7-24-19(30-11)16-9-23-18(16)15-4-14-13(3-17(15)29-2)10-26(20(14)27)22-5-12(6-22)8-25-21(22)28/h3-4,7,12,16,18,23H,5-6,8-10H2,1-2H3,(H,25,28). The number of oxazole rings is 1. The Morgan fingerprint density at radius 1 is 1.27 bits per heavy atom. The SMILES string of the molecule is COc1cc2c(cc1C1NCC1c1ncc(C)o1)C(=O)N(C13CC(CNC1=O)C3)C2. The van der Waals surface area contributed by atoms with Crippen LogP contribution in [0.25, 0.3) is 0 Å². The Bertz CT molecular complexity index is 1070. The van der Waals surface area contributed by atoms with Crippen LogP contribution in [0.15, 0.2) is 22.7 Å². The number of rotatable bonds is 4. The number of aromatic nitrogens is 1. The van der Waals surface area contributed by atoms with E-state index in [-0.39, 0.29) is 23.8 Å². The van der Waals surface area contributed by atoms with Crippen molar-refractivity contribution in [2.75, 3.05) is 20.2 Å². The minimum absolute atomic E-state index is 0.0154. The second kappa shape index (κ2) is 6.07. The summed E-state index contributed by atoms with van der Waals surface area (Å²) in [5.41, 5.74) is 1.83. The van der Waals surface area contributed by atoms with E-state index in [1.165, 1.54) is 0 Å². The lowest BCUT2D eigenvalue weighted by atomic mass is 9.64. The third-order valence-corrected chi connectivity index (χ3v) is 7.25. The van der Waals surface area contributed by atoms with Crippen LogP contribution in [0.5, 0.6) is 5.75 Å². The van der Waals surface area contributed by atoms with Crippen molar-refractivity contribution in [3.63, 3.8) is 0 Å². The van der Waals surface area contributed by atoms with E-state index in [9.17, 15) is 9.59 Å². The van der Waals surface area contributed by atoms with E-state index in [1.54, 1.807) is 18.2 Å². The molecule has 8 nitrogen and oxygen atoms in total. The fourth-order valence-corrected chi connectivity index (χ4v) is 5.54. The van der Waals surface area contributed by atoms with E-state index >= 15 is 0 Å². The second-order valence-corrected chi connectivity index (χ2v) is 8.96. The van der Waals surface area contributed by atoms with Gasteiger partial charge in [-0.3, -0.25) is 9.59 Å². The highest BCUT2D eigenvalue weighted by Gasteiger charge is 2.60. The number of fused-ring (bicyclic) bond motifs is 3. The van der Waals surface area contributed by atoms with Crippen LogP contribution in [0, 0.1) is 12.8 Å². The Morgan fingerprint density at radius 2 is 2.10 bits per heavy atom. The van der Waals surface area contributed by atoms with Crippen LogP contribution in [0.4, 0.5) is 0 Å². The van der Waals surface area contributed by atoms with Gasteiger partial charge in [0, 0.05) is 36.8 Å². The molecular weight excluding hydrogens is 384 g/mol. The number of nitrogens with zero attached hydrogens (tertiary/aromatic N) is 2. The Kier molecular flexibility index (Phi) is 3.63. The van der Waals surface area contributed by atoms with E-state index in [0.29, 0.717) is 23.9 Å². The zero-order valence-corrected chi connectivity index (χ0v) is 17.0. The van der Waals surface area contributed by atoms with Gasteiger partial charge in [0.25, 0.3) is 5.91 Å². The van der Waals surface area contributed by atoms with Gasteiger partial charge in [0.1, 0.15) is 17.0 Å². The fourth-order valence-electron chi connectivity index (χ4n) is 5.54. The molecule has 4 aliphatic heterocycles. The minimum Gasteiger partial charge on any atom is -0.496 e. The number of hydrogen-bond donors (Lipinski definition) is 2. The summed E-state index contributed by atoms with van der Waals surface area (Å²) in [6.07, 6.45) is 3.25. The third-order valence-electron chi connectivity index (χ3n) is 7.25. The topological polar surface area (TPSA) is 96.7 Å². The normalized spacial score (nSPS) is 31.7. The summed E-state index contributed by atoms with van der Waals surface area (Å²) < 4.78 is 11.4. The Morgan fingerprint density at radius 3 is 2.73 bits per heavy atom. The molecule has 4 fully saturated rings. The van der Waals surface area contributed by atoms with Crippen LogP contribution >= 0.6 is 0 Å². The Hall–Kier alpha value is -2.87. The molecule has 2 amide bonds. The van der Waals surface area contributed by atoms with E-state index in [0.717, 1.165) is 48.6 Å². The summed E-state index contributed by atoms with van der Waals surface area (Å²) in [6, 6.07) is 3.85. The Labute approximate surface area is 174 Å². The highest BCUT2D eigenvalue weighted by molar-refractivity contribution is 6.03. The largest absolute Gasteiger partial charge is 0.496 e. The maximum absolute atomic E-state index is 13.4. The van der Waals surface area contributed by atoms with Gasteiger partial charge < -0.3 is 24.7 Å². The van der Waals surface area contributed by atoms with Crippen LogP contribution in [0.1, 0.15) is 57.9 Å². The maximum atomic E-state index is 13.4. The van der Waals surface area contributed by atoms with Gasteiger partial charge in [-0.1, -0.05) is 0 Å². The molecule has 156 valence electrons. The molecule has 1 aromatic carbocycles. The summed E-state index contributed by atoms with van der Waals surface area (Å²) in [7, 11) is 1.65. The summed E-state index contributed by atoms with van der Waals surface area (Å²) in [5.74, 6) is 2.72. The molecule has 1 aromatic heterocycles. The number of piperidine rings is 2. The molecule has 0 spiro atoms. The molecule has 30 heavy (non-hydrogen) atoms. The third kappa shape index (κ3) is 2.28. The smallest absolute Gasteiger partial charge is 0.255 e. The van der Waals surface area contributed by atoms with E-state index in [1.807, 2.05) is 19.1 Å². The molecule has 3 saturated heterocycles. The van der Waals surface area contributed by atoms with Crippen molar-refractivity contribution in [3.05, 3.63) is 46.7 Å². The molecule has 8 heteroatoms. The predicted molar refractivity (Wildman–Crippen MR) is 106 cm³/mol. The zero-order valence-electron chi connectivity index (χ0n) is 17.0. The average Bonchev–Trinajstić information content (AvgIpc) is 3.23. The van der Waals surface area contributed by atoms with Gasteiger partial charge in [-0.15, -0.1) is 0 Å². The summed E-state index contributed by atoms with van der Waals surface area (Å²) >= 11 is 0.